The molecule has 3 saturated heterocycles. The summed E-state index contributed by atoms with van der Waals surface area (Å²) in [4.78, 5) is 63.7. The minimum Gasteiger partial charge on any atom is -0.391 e. The third-order valence-corrected chi connectivity index (χ3v) is 13.4. The Labute approximate surface area is 320 Å². The summed E-state index contributed by atoms with van der Waals surface area (Å²) in [5.74, 6) is 0.788. The van der Waals surface area contributed by atoms with E-state index in [0.29, 0.717) is 18.9 Å². The van der Waals surface area contributed by atoms with Gasteiger partial charge in [-0.25, -0.2) is 9.13 Å². The minimum absolute atomic E-state index is 0.0170. The second-order valence-electron chi connectivity index (χ2n) is 15.7. The van der Waals surface area contributed by atoms with Crippen LogP contribution in [0, 0.1) is 11.8 Å². The van der Waals surface area contributed by atoms with Gasteiger partial charge in [0.05, 0.1) is 62.4 Å². The molecule has 16 nitrogen and oxygen atoms in total. The lowest BCUT2D eigenvalue weighted by molar-refractivity contribution is -0.134. The molecule has 54 heavy (non-hydrogen) atoms. The first-order valence-corrected chi connectivity index (χ1v) is 23.0. The van der Waals surface area contributed by atoms with Crippen molar-refractivity contribution in [3.63, 3.8) is 0 Å². The van der Waals surface area contributed by atoms with Gasteiger partial charge in [-0.15, -0.1) is 0 Å². The highest BCUT2D eigenvalue weighted by atomic mass is 31.2. The first-order valence-electron chi connectivity index (χ1n) is 20.0. The van der Waals surface area contributed by atoms with Crippen molar-refractivity contribution < 1.29 is 61.2 Å². The van der Waals surface area contributed by atoms with Gasteiger partial charge in [0.1, 0.15) is 0 Å². The fourth-order valence-electron chi connectivity index (χ4n) is 8.35. The van der Waals surface area contributed by atoms with Crippen LogP contribution in [0.2, 0.25) is 0 Å². The maximum absolute atomic E-state index is 13.2. The molecule has 4 aliphatic rings. The van der Waals surface area contributed by atoms with Crippen LogP contribution in [0.1, 0.15) is 118 Å². The van der Waals surface area contributed by atoms with Gasteiger partial charge in [0.2, 0.25) is 17.7 Å². The molecule has 1 saturated carbocycles. The van der Waals surface area contributed by atoms with Crippen molar-refractivity contribution in [1.29, 1.82) is 0 Å². The van der Waals surface area contributed by atoms with Crippen LogP contribution in [0.25, 0.3) is 0 Å². The average Bonchev–Trinajstić information content (AvgIpc) is 3.85. The molecule has 312 valence electrons. The number of β-amino-alcohol motifs (C(OH)–C–C–N with tert-alkyl or cyclic N) is 1. The second-order valence-corrected chi connectivity index (χ2v) is 18.5. The molecule has 18 heteroatoms. The van der Waals surface area contributed by atoms with Gasteiger partial charge in [-0.3, -0.25) is 32.5 Å². The highest BCUT2D eigenvalue weighted by Crippen LogP contribution is 2.49. The van der Waals surface area contributed by atoms with Gasteiger partial charge in [0.15, 0.2) is 0 Å². The van der Waals surface area contributed by atoms with Gasteiger partial charge in [-0.2, -0.15) is 0 Å². The van der Waals surface area contributed by atoms with E-state index in [-0.39, 0.29) is 88.2 Å². The van der Waals surface area contributed by atoms with Crippen molar-refractivity contribution in [3.05, 3.63) is 0 Å². The normalized spacial score (nSPS) is 31.9. The Morgan fingerprint density at radius 2 is 1.06 bits per heavy atom. The lowest BCUT2D eigenvalue weighted by atomic mass is 9.87. The van der Waals surface area contributed by atoms with E-state index in [9.17, 15) is 38.4 Å². The van der Waals surface area contributed by atoms with E-state index in [1.54, 1.807) is 25.7 Å². The number of carbonyl (C=O) groups is 3. The summed E-state index contributed by atoms with van der Waals surface area (Å²) in [6, 6.07) is -1.67. The molecule has 0 aromatic rings. The summed E-state index contributed by atoms with van der Waals surface area (Å²) >= 11 is 0. The number of aliphatic hydroxyl groups is 1. The molecular formula is C36H65N3O13P2. The molecule has 3 N–H and O–H groups in total. The Morgan fingerprint density at radius 1 is 0.630 bits per heavy atom. The van der Waals surface area contributed by atoms with Gasteiger partial charge in [-0.05, 0) is 43.9 Å². The van der Waals surface area contributed by atoms with Crippen LogP contribution in [0.4, 0.5) is 0 Å². The summed E-state index contributed by atoms with van der Waals surface area (Å²) in [6.07, 6.45) is 6.47. The molecule has 3 aliphatic heterocycles. The zero-order chi connectivity index (χ0) is 39.6. The van der Waals surface area contributed by atoms with Crippen LogP contribution >= 0.6 is 15.6 Å². The van der Waals surface area contributed by atoms with Gasteiger partial charge < -0.3 is 34.3 Å². The first-order chi connectivity index (χ1) is 25.5. The van der Waals surface area contributed by atoms with Gasteiger partial charge >= 0.3 is 15.6 Å². The molecule has 10 atom stereocenters. The monoisotopic (exact) mass is 809 g/mol. The second kappa shape index (κ2) is 20.8. The number of rotatable bonds is 17. The van der Waals surface area contributed by atoms with Crippen molar-refractivity contribution >= 4 is 33.4 Å². The van der Waals surface area contributed by atoms with E-state index in [4.69, 9.17) is 22.8 Å². The Bertz CT molecular complexity index is 1340. The van der Waals surface area contributed by atoms with Crippen molar-refractivity contribution in [1.82, 2.24) is 14.7 Å². The summed E-state index contributed by atoms with van der Waals surface area (Å²) < 4.78 is 54.2. The van der Waals surface area contributed by atoms with Crippen LogP contribution in [0.5, 0.6) is 0 Å². The maximum Gasteiger partial charge on any atom is 0.472 e. The van der Waals surface area contributed by atoms with E-state index in [1.165, 1.54) is 29.1 Å². The highest BCUT2D eigenvalue weighted by Gasteiger charge is 2.44. The predicted molar refractivity (Wildman–Crippen MR) is 199 cm³/mol. The van der Waals surface area contributed by atoms with Crippen LogP contribution < -0.4 is 0 Å². The van der Waals surface area contributed by atoms with Crippen LogP contribution in [0.15, 0.2) is 0 Å². The SMILES string of the molecule is CCC(=O)N1C[C@H](O)C[C@H]1COP(=O)(O)O[C@@H]1C[C@@H](COP(=O)(O)O[C@@H]2C[C@@H](COC3CCCCC(C(C)C)CCC3)N(C(=O)CC)C2)N(C(=O)CC)C1. The summed E-state index contributed by atoms with van der Waals surface area (Å²) in [7, 11) is -9.33. The van der Waals surface area contributed by atoms with Crippen LogP contribution in [-0.4, -0.2) is 129 Å². The third-order valence-electron chi connectivity index (χ3n) is 11.4. The molecule has 0 bridgehead atoms. The van der Waals surface area contributed by atoms with E-state index < -0.39 is 52.6 Å². The Balaban J connectivity index is 1.29. The Kier molecular flexibility index (Phi) is 17.4. The number of likely N-dealkylation sites (tertiary alicyclic amines) is 3. The number of ether oxygens (including phenoxy) is 1. The zero-order valence-electron chi connectivity index (χ0n) is 32.8. The first kappa shape index (κ1) is 45.3. The van der Waals surface area contributed by atoms with E-state index in [0.717, 1.165) is 31.6 Å². The van der Waals surface area contributed by atoms with Crippen molar-refractivity contribution in [2.24, 2.45) is 11.8 Å². The fourth-order valence-corrected chi connectivity index (χ4v) is 10.2. The molecule has 1 aliphatic carbocycles. The molecule has 0 radical (unpaired) electrons. The third kappa shape index (κ3) is 13.3. The number of hydrogen-bond acceptors (Lipinski definition) is 11. The zero-order valence-corrected chi connectivity index (χ0v) is 34.6. The molecule has 4 rings (SSSR count). The highest BCUT2D eigenvalue weighted by molar-refractivity contribution is 7.47. The number of amides is 3. The number of phosphoric ester groups is 2. The smallest absolute Gasteiger partial charge is 0.391 e. The topological polar surface area (TPSA) is 202 Å². The minimum atomic E-state index is -4.67. The lowest BCUT2D eigenvalue weighted by Crippen LogP contribution is -2.39. The molecule has 3 amide bonds. The van der Waals surface area contributed by atoms with Crippen molar-refractivity contribution in [2.45, 2.75) is 161 Å². The predicted octanol–water partition coefficient (Wildman–Crippen LogP) is 4.79. The molecule has 0 aromatic heterocycles. The Morgan fingerprint density at radius 3 is 1.56 bits per heavy atom. The quantitative estimate of drug-likeness (QED) is 0.170. The standard InChI is InChI=1S/C36H65N3O13P2/c1-6-34(41)37-19-30(40)16-27(37)23-49-53(44,45)52-33-18-29(39(21-33)36(43)8-3)24-50-54(46,47)51-32-17-28(38(20-32)35(42)7-2)22-48-31-14-10-9-12-26(25(4)5)13-11-15-31/h25-33,40H,6-24H2,1-5H3,(H,44,45)(H,46,47)/t26?,27-,28-,29-,30+,31?,32+,33+/m0/s1. The Hall–Kier alpha value is -1.45. The number of aliphatic hydroxyl groups excluding tert-OH is 1. The maximum atomic E-state index is 13.2. The van der Waals surface area contributed by atoms with E-state index in [2.05, 4.69) is 13.8 Å². The molecule has 0 aromatic carbocycles. The average molecular weight is 810 g/mol. The van der Waals surface area contributed by atoms with Crippen molar-refractivity contribution in [3.8, 4) is 0 Å². The number of phosphoric acid groups is 2. The summed E-state index contributed by atoms with van der Waals surface area (Å²) in [5, 5.41) is 10.0. The summed E-state index contributed by atoms with van der Waals surface area (Å²) in [5.41, 5.74) is 0. The van der Waals surface area contributed by atoms with Gasteiger partial charge in [-0.1, -0.05) is 66.7 Å². The molecule has 4 unspecified atom stereocenters. The van der Waals surface area contributed by atoms with Gasteiger partial charge in [0, 0.05) is 38.9 Å². The summed E-state index contributed by atoms with van der Waals surface area (Å²) in [6.45, 7) is 9.42. The van der Waals surface area contributed by atoms with E-state index >= 15 is 0 Å². The molecule has 3 heterocycles. The number of hydrogen-bond donors (Lipinski definition) is 3. The van der Waals surface area contributed by atoms with Gasteiger partial charge in [0.25, 0.3) is 0 Å². The van der Waals surface area contributed by atoms with Crippen LogP contribution in [-0.2, 0) is 46.3 Å². The van der Waals surface area contributed by atoms with E-state index in [1.807, 2.05) is 0 Å². The fraction of sp³-hybridized carbons (Fsp3) is 0.917. The largest absolute Gasteiger partial charge is 0.472 e. The molecule has 0 spiro atoms. The lowest BCUT2D eigenvalue weighted by Gasteiger charge is -2.26. The molecular weight excluding hydrogens is 744 g/mol. The van der Waals surface area contributed by atoms with Crippen molar-refractivity contribution in [2.75, 3.05) is 39.5 Å². The van der Waals surface area contributed by atoms with Crippen LogP contribution in [0.3, 0.4) is 0 Å². The number of nitrogens with zero attached hydrogens (tertiary/aromatic N) is 3. The molecule has 4 fully saturated rings. The number of carbonyl (C=O) groups excluding carboxylic acids is 3.